The number of aliphatic hydroxyl groups is 1. The number of aliphatic hydroxyl groups excluding tert-OH is 1. The fourth-order valence-corrected chi connectivity index (χ4v) is 3.83. The third-order valence-corrected chi connectivity index (χ3v) is 10.3. The largest absolute Gasteiger partial charge is 0.416 e. The van der Waals surface area contributed by atoms with Gasteiger partial charge in [-0.2, -0.15) is 0 Å². The Labute approximate surface area is 127 Å². The molecule has 0 heterocycles. The van der Waals surface area contributed by atoms with E-state index in [4.69, 9.17) is 4.43 Å². The van der Waals surface area contributed by atoms with Crippen molar-refractivity contribution < 1.29 is 9.53 Å². The van der Waals surface area contributed by atoms with Gasteiger partial charge in [-0.05, 0) is 55.1 Å². The van der Waals surface area contributed by atoms with E-state index in [9.17, 15) is 5.11 Å². The Hall–Kier alpha value is 0.137. The average molecular weight is 301 g/mol. The molecule has 1 unspecified atom stereocenters. The molecular formula is C17H36O2Si. The third kappa shape index (κ3) is 4.85. The first-order chi connectivity index (χ1) is 8.98. The number of hydrogen-bond acceptors (Lipinski definition) is 2. The van der Waals surface area contributed by atoms with Gasteiger partial charge >= 0.3 is 0 Å². The van der Waals surface area contributed by atoms with Gasteiger partial charge in [0.1, 0.15) is 0 Å². The molecule has 0 aromatic rings. The number of hydrogen-bond donors (Lipinski definition) is 1. The van der Waals surface area contributed by atoms with E-state index in [0.717, 1.165) is 6.61 Å². The first kappa shape index (κ1) is 18.2. The minimum absolute atomic E-state index is 0.252. The normalized spacial score (nSPS) is 22.8. The van der Waals surface area contributed by atoms with Crippen LogP contribution < -0.4 is 0 Å². The minimum Gasteiger partial charge on any atom is -0.416 e. The monoisotopic (exact) mass is 300 g/mol. The lowest BCUT2D eigenvalue weighted by atomic mass is 9.70. The molecule has 2 nitrogen and oxygen atoms in total. The van der Waals surface area contributed by atoms with Crippen molar-refractivity contribution in [1.29, 1.82) is 0 Å². The molecule has 0 amide bonds. The SMILES string of the molecule is CC1(C)CCC(C(CO)CO[Si](C)(C)C(C)(C)C)CC1. The second-order valence-electron chi connectivity index (χ2n) is 9.02. The fraction of sp³-hybridized carbons (Fsp3) is 1.00. The molecule has 1 saturated carbocycles. The van der Waals surface area contributed by atoms with Crippen LogP contribution in [0.25, 0.3) is 0 Å². The molecule has 0 radical (unpaired) electrons. The van der Waals surface area contributed by atoms with Gasteiger partial charge in [0.15, 0.2) is 8.32 Å². The van der Waals surface area contributed by atoms with Crippen LogP contribution in [0.4, 0.5) is 0 Å². The summed E-state index contributed by atoms with van der Waals surface area (Å²) in [6, 6.07) is 0. The van der Waals surface area contributed by atoms with Crippen molar-refractivity contribution in [2.75, 3.05) is 13.2 Å². The average Bonchev–Trinajstić information content (AvgIpc) is 2.30. The summed E-state index contributed by atoms with van der Waals surface area (Å²) >= 11 is 0. The lowest BCUT2D eigenvalue weighted by Gasteiger charge is -2.40. The second-order valence-corrected chi connectivity index (χ2v) is 13.8. The van der Waals surface area contributed by atoms with Crippen molar-refractivity contribution in [3.63, 3.8) is 0 Å². The zero-order valence-corrected chi connectivity index (χ0v) is 15.8. The van der Waals surface area contributed by atoms with Crippen molar-refractivity contribution >= 4 is 8.32 Å². The summed E-state index contributed by atoms with van der Waals surface area (Å²) in [7, 11) is -1.69. The highest BCUT2D eigenvalue weighted by Crippen LogP contribution is 2.42. The zero-order chi connectivity index (χ0) is 15.6. The van der Waals surface area contributed by atoms with E-state index >= 15 is 0 Å². The molecule has 3 heteroatoms. The summed E-state index contributed by atoms with van der Waals surface area (Å²) in [5, 5.41) is 10.00. The Morgan fingerprint density at radius 3 is 2.10 bits per heavy atom. The van der Waals surface area contributed by atoms with Gasteiger partial charge in [0.2, 0.25) is 0 Å². The maximum Gasteiger partial charge on any atom is 0.191 e. The van der Waals surface area contributed by atoms with E-state index in [1.807, 2.05) is 0 Å². The van der Waals surface area contributed by atoms with E-state index in [1.165, 1.54) is 25.7 Å². The Balaban J connectivity index is 2.53. The van der Waals surface area contributed by atoms with Crippen molar-refractivity contribution in [1.82, 2.24) is 0 Å². The highest BCUT2D eigenvalue weighted by molar-refractivity contribution is 6.74. The Bertz CT molecular complexity index is 295. The smallest absolute Gasteiger partial charge is 0.191 e. The first-order valence-corrected chi connectivity index (χ1v) is 11.1. The second kappa shape index (κ2) is 6.49. The molecule has 0 aliphatic heterocycles. The molecule has 20 heavy (non-hydrogen) atoms. The maximum atomic E-state index is 9.74. The minimum atomic E-state index is -1.69. The molecule has 1 fully saturated rings. The lowest BCUT2D eigenvalue weighted by Crippen LogP contribution is -2.43. The molecule has 0 aromatic heterocycles. The number of rotatable bonds is 5. The van der Waals surface area contributed by atoms with Gasteiger partial charge in [-0.1, -0.05) is 34.6 Å². The van der Waals surface area contributed by atoms with E-state index in [1.54, 1.807) is 0 Å². The van der Waals surface area contributed by atoms with Crippen LogP contribution in [0.15, 0.2) is 0 Å². The van der Waals surface area contributed by atoms with Crippen molar-refractivity contribution in [3.05, 3.63) is 0 Å². The van der Waals surface area contributed by atoms with Crippen LogP contribution >= 0.6 is 0 Å². The summed E-state index contributed by atoms with van der Waals surface area (Å²) in [6.45, 7) is 17.2. The van der Waals surface area contributed by atoms with E-state index in [-0.39, 0.29) is 11.6 Å². The molecule has 0 saturated heterocycles. The van der Waals surface area contributed by atoms with E-state index < -0.39 is 8.32 Å². The highest BCUT2D eigenvalue weighted by Gasteiger charge is 2.38. The summed E-state index contributed by atoms with van der Waals surface area (Å²) < 4.78 is 6.33. The van der Waals surface area contributed by atoms with Gasteiger partial charge in [-0.15, -0.1) is 0 Å². The van der Waals surface area contributed by atoms with E-state index in [2.05, 4.69) is 47.7 Å². The van der Waals surface area contributed by atoms with Crippen LogP contribution in [0.5, 0.6) is 0 Å². The van der Waals surface area contributed by atoms with Gasteiger partial charge in [0.25, 0.3) is 0 Å². The van der Waals surface area contributed by atoms with Gasteiger partial charge in [0, 0.05) is 19.1 Å². The lowest BCUT2D eigenvalue weighted by molar-refractivity contribution is 0.0679. The Kier molecular flexibility index (Phi) is 5.90. The van der Waals surface area contributed by atoms with Gasteiger partial charge < -0.3 is 9.53 Å². The Morgan fingerprint density at radius 2 is 1.70 bits per heavy atom. The topological polar surface area (TPSA) is 29.5 Å². The van der Waals surface area contributed by atoms with Crippen LogP contribution in [-0.4, -0.2) is 26.6 Å². The van der Waals surface area contributed by atoms with Crippen LogP contribution in [0.1, 0.15) is 60.3 Å². The summed E-state index contributed by atoms with van der Waals surface area (Å²) in [5.74, 6) is 0.984. The molecule has 0 aromatic carbocycles. The standard InChI is InChI=1S/C17H36O2Si/c1-16(2,3)20(6,7)19-13-15(12-18)14-8-10-17(4,5)11-9-14/h14-15,18H,8-13H2,1-7H3. The van der Waals surface area contributed by atoms with Crippen LogP contribution in [0, 0.1) is 17.3 Å². The van der Waals surface area contributed by atoms with Gasteiger partial charge in [0.05, 0.1) is 0 Å². The molecular weight excluding hydrogens is 264 g/mol. The summed E-state index contributed by atoms with van der Waals surface area (Å²) in [5.41, 5.74) is 0.497. The molecule has 1 N–H and O–H groups in total. The molecule has 1 aliphatic rings. The van der Waals surface area contributed by atoms with Crippen molar-refractivity contribution in [3.8, 4) is 0 Å². The fourth-order valence-electron chi connectivity index (χ4n) is 2.76. The molecule has 0 bridgehead atoms. The van der Waals surface area contributed by atoms with E-state index in [0.29, 0.717) is 17.3 Å². The van der Waals surface area contributed by atoms with Crippen molar-refractivity contribution in [2.24, 2.45) is 17.3 Å². The Morgan fingerprint density at radius 1 is 1.20 bits per heavy atom. The summed E-state index contributed by atoms with van der Waals surface area (Å²) in [4.78, 5) is 0. The van der Waals surface area contributed by atoms with Crippen molar-refractivity contribution in [2.45, 2.75) is 78.4 Å². The quantitative estimate of drug-likeness (QED) is 0.737. The molecule has 120 valence electrons. The van der Waals surface area contributed by atoms with Crippen LogP contribution in [0.3, 0.4) is 0 Å². The summed E-state index contributed by atoms with van der Waals surface area (Å²) in [6.07, 6.45) is 5.07. The zero-order valence-electron chi connectivity index (χ0n) is 14.8. The predicted octanol–water partition coefficient (Wildman–Crippen LogP) is 4.83. The third-order valence-electron chi connectivity index (χ3n) is 5.75. The highest BCUT2D eigenvalue weighted by atomic mass is 28.4. The van der Waals surface area contributed by atoms with Crippen LogP contribution in [-0.2, 0) is 4.43 Å². The first-order valence-electron chi connectivity index (χ1n) is 8.23. The molecule has 1 aliphatic carbocycles. The van der Waals surface area contributed by atoms with Gasteiger partial charge in [-0.3, -0.25) is 0 Å². The molecule has 1 atom stereocenters. The van der Waals surface area contributed by atoms with Crippen LogP contribution in [0.2, 0.25) is 18.1 Å². The molecule has 0 spiro atoms. The maximum absolute atomic E-state index is 9.74. The predicted molar refractivity (Wildman–Crippen MR) is 89.5 cm³/mol. The van der Waals surface area contributed by atoms with Gasteiger partial charge in [-0.25, -0.2) is 0 Å². The molecule has 1 rings (SSSR count).